The molecule has 0 atom stereocenters. The van der Waals surface area contributed by atoms with Crippen LogP contribution in [-0.2, 0) is 13.0 Å². The van der Waals surface area contributed by atoms with Crippen molar-refractivity contribution in [1.29, 1.82) is 0 Å². The van der Waals surface area contributed by atoms with Gasteiger partial charge in [0.15, 0.2) is 0 Å². The first-order valence-corrected chi connectivity index (χ1v) is 9.38. The lowest BCUT2D eigenvalue weighted by atomic mass is 10.0. The van der Waals surface area contributed by atoms with Crippen LogP contribution in [0.15, 0.2) is 72.4 Å². The van der Waals surface area contributed by atoms with Crippen LogP contribution in [0.25, 0.3) is 10.9 Å². The van der Waals surface area contributed by atoms with E-state index in [-0.39, 0.29) is 0 Å². The van der Waals surface area contributed by atoms with E-state index in [4.69, 9.17) is 0 Å². The molecule has 128 valence electrons. The average molecular weight is 330 g/mol. The minimum Gasteiger partial charge on any atom is -0.361 e. The lowest BCUT2D eigenvalue weighted by Crippen LogP contribution is -2.30. The van der Waals surface area contributed by atoms with Gasteiger partial charge in [0.05, 0.1) is 0 Å². The second-order valence-electron chi connectivity index (χ2n) is 7.02. The first-order chi connectivity index (χ1) is 12.4. The number of allylic oxidation sites excluding steroid dienone is 1. The van der Waals surface area contributed by atoms with Gasteiger partial charge in [0.25, 0.3) is 0 Å². The largest absolute Gasteiger partial charge is 0.361 e. The molecule has 2 nitrogen and oxygen atoms in total. The minimum atomic E-state index is 1.06. The first kappa shape index (κ1) is 16.2. The molecule has 2 aromatic carbocycles. The molecule has 2 heterocycles. The van der Waals surface area contributed by atoms with Gasteiger partial charge in [-0.3, -0.25) is 4.90 Å². The van der Waals surface area contributed by atoms with Crippen LogP contribution in [0.4, 0.5) is 0 Å². The third kappa shape index (κ3) is 4.02. The molecule has 0 spiro atoms. The smallest absolute Gasteiger partial charge is 0.0457 e. The van der Waals surface area contributed by atoms with Gasteiger partial charge in [-0.2, -0.15) is 0 Å². The molecule has 1 N–H and O–H groups in total. The van der Waals surface area contributed by atoms with Crippen LogP contribution >= 0.6 is 0 Å². The van der Waals surface area contributed by atoms with Gasteiger partial charge in [0.1, 0.15) is 0 Å². The summed E-state index contributed by atoms with van der Waals surface area (Å²) in [6.45, 7) is 3.41. The van der Waals surface area contributed by atoms with Crippen molar-refractivity contribution in [1.82, 2.24) is 9.88 Å². The molecule has 0 radical (unpaired) electrons. The van der Waals surface area contributed by atoms with E-state index in [1.807, 2.05) is 0 Å². The molecule has 25 heavy (non-hydrogen) atoms. The number of benzene rings is 2. The van der Waals surface area contributed by atoms with Gasteiger partial charge in [-0.25, -0.2) is 0 Å². The van der Waals surface area contributed by atoms with E-state index >= 15 is 0 Å². The number of piperidine rings is 1. The third-order valence-corrected chi connectivity index (χ3v) is 5.28. The monoisotopic (exact) mass is 330 g/mol. The molecule has 0 bridgehead atoms. The van der Waals surface area contributed by atoms with E-state index in [9.17, 15) is 0 Å². The maximum Gasteiger partial charge on any atom is 0.0457 e. The molecule has 1 aliphatic heterocycles. The highest BCUT2D eigenvalue weighted by atomic mass is 15.1. The van der Waals surface area contributed by atoms with E-state index in [0.717, 1.165) is 13.0 Å². The highest BCUT2D eigenvalue weighted by Gasteiger charge is 2.15. The van der Waals surface area contributed by atoms with E-state index < -0.39 is 0 Å². The van der Waals surface area contributed by atoms with Crippen molar-refractivity contribution in [3.05, 3.63) is 83.6 Å². The topological polar surface area (TPSA) is 19.0 Å². The predicted octanol–water partition coefficient (Wildman–Crippen LogP) is 5.32. The zero-order valence-electron chi connectivity index (χ0n) is 14.7. The summed E-state index contributed by atoms with van der Waals surface area (Å²) >= 11 is 0. The van der Waals surface area contributed by atoms with Gasteiger partial charge < -0.3 is 4.98 Å². The molecular weight excluding hydrogens is 304 g/mol. The van der Waals surface area contributed by atoms with E-state index in [2.05, 4.69) is 76.8 Å². The molecule has 0 aliphatic carbocycles. The number of nitrogens with one attached hydrogen (secondary N) is 1. The van der Waals surface area contributed by atoms with Crippen molar-refractivity contribution in [3.63, 3.8) is 0 Å². The maximum atomic E-state index is 3.39. The number of likely N-dealkylation sites (tertiary alicyclic amines) is 1. The molecule has 1 aromatic heterocycles. The molecule has 1 aliphatic rings. The van der Waals surface area contributed by atoms with Crippen molar-refractivity contribution in [2.75, 3.05) is 13.1 Å². The number of para-hydroxylation sites is 1. The van der Waals surface area contributed by atoms with Gasteiger partial charge in [-0.15, -0.1) is 0 Å². The number of hydrogen-bond donors (Lipinski definition) is 1. The van der Waals surface area contributed by atoms with Crippen molar-refractivity contribution in [2.24, 2.45) is 0 Å². The number of rotatable bonds is 5. The summed E-state index contributed by atoms with van der Waals surface area (Å²) in [6.07, 6.45) is 9.42. The van der Waals surface area contributed by atoms with Crippen molar-refractivity contribution in [3.8, 4) is 0 Å². The standard InChI is InChI=1S/C23H26N2/c1-2-7-19(8-3-1)9-6-10-20-13-15-25(16-14-20)18-21-17-24-23-12-5-4-11-22(21)23/h1-5,7-8,10-12,17,24H,6,9,13-16,18H2. The predicted molar refractivity (Wildman–Crippen MR) is 106 cm³/mol. The highest BCUT2D eigenvalue weighted by Crippen LogP contribution is 2.23. The number of fused-ring (bicyclic) bond motifs is 1. The zero-order chi connectivity index (χ0) is 16.9. The minimum absolute atomic E-state index is 1.06. The molecule has 1 saturated heterocycles. The average Bonchev–Trinajstić information content (AvgIpc) is 3.07. The van der Waals surface area contributed by atoms with Crippen molar-refractivity contribution >= 4 is 10.9 Å². The third-order valence-electron chi connectivity index (χ3n) is 5.28. The Kier molecular flexibility index (Phi) is 4.98. The summed E-state index contributed by atoms with van der Waals surface area (Å²) in [6, 6.07) is 19.4. The fourth-order valence-electron chi connectivity index (χ4n) is 3.79. The zero-order valence-corrected chi connectivity index (χ0v) is 14.7. The Bertz CT molecular complexity index is 835. The van der Waals surface area contributed by atoms with Gasteiger partial charge in [0, 0.05) is 36.7 Å². The summed E-state index contributed by atoms with van der Waals surface area (Å²) in [5.74, 6) is 0. The van der Waals surface area contributed by atoms with Crippen LogP contribution in [0.1, 0.15) is 30.4 Å². The molecule has 3 aromatic rings. The van der Waals surface area contributed by atoms with Crippen molar-refractivity contribution in [2.45, 2.75) is 32.2 Å². The molecule has 0 unspecified atom stereocenters. The van der Waals surface area contributed by atoms with Crippen LogP contribution in [-0.4, -0.2) is 23.0 Å². The second kappa shape index (κ2) is 7.71. The van der Waals surface area contributed by atoms with Gasteiger partial charge in [-0.1, -0.05) is 60.2 Å². The van der Waals surface area contributed by atoms with Crippen LogP contribution in [0.2, 0.25) is 0 Å². The molecule has 2 heteroatoms. The van der Waals surface area contributed by atoms with E-state index in [1.165, 1.54) is 54.4 Å². The van der Waals surface area contributed by atoms with Crippen LogP contribution in [0, 0.1) is 0 Å². The number of aryl methyl sites for hydroxylation is 1. The van der Waals surface area contributed by atoms with E-state index in [1.54, 1.807) is 5.57 Å². The van der Waals surface area contributed by atoms with Gasteiger partial charge >= 0.3 is 0 Å². The molecule has 0 amide bonds. The fourth-order valence-corrected chi connectivity index (χ4v) is 3.79. The Morgan fingerprint density at radius 1 is 0.920 bits per heavy atom. The molecule has 0 saturated carbocycles. The number of hydrogen-bond acceptors (Lipinski definition) is 1. The quantitative estimate of drug-likeness (QED) is 0.627. The second-order valence-corrected chi connectivity index (χ2v) is 7.02. The van der Waals surface area contributed by atoms with Gasteiger partial charge in [-0.05, 0) is 42.9 Å². The molecular formula is C23H26N2. The Labute approximate surface area is 150 Å². The maximum absolute atomic E-state index is 3.39. The lowest BCUT2D eigenvalue weighted by Gasteiger charge is -2.28. The molecule has 4 rings (SSSR count). The van der Waals surface area contributed by atoms with Gasteiger partial charge in [0.2, 0.25) is 0 Å². The van der Waals surface area contributed by atoms with E-state index in [0.29, 0.717) is 0 Å². The number of aromatic nitrogens is 1. The molecule has 1 fully saturated rings. The fraction of sp³-hybridized carbons (Fsp3) is 0.304. The SMILES string of the molecule is C(CCc1ccccc1)=C1CCN(Cc2c[nH]c3ccccc23)CC1. The Hall–Kier alpha value is -2.32. The lowest BCUT2D eigenvalue weighted by molar-refractivity contribution is 0.249. The summed E-state index contributed by atoms with van der Waals surface area (Å²) in [4.78, 5) is 5.98. The Balaban J connectivity index is 1.29. The summed E-state index contributed by atoms with van der Waals surface area (Å²) in [7, 11) is 0. The Morgan fingerprint density at radius 2 is 1.68 bits per heavy atom. The highest BCUT2D eigenvalue weighted by molar-refractivity contribution is 5.82. The van der Waals surface area contributed by atoms with Crippen LogP contribution in [0.5, 0.6) is 0 Å². The van der Waals surface area contributed by atoms with Crippen molar-refractivity contribution < 1.29 is 0 Å². The number of nitrogens with zero attached hydrogens (tertiary/aromatic N) is 1. The number of H-pyrrole nitrogens is 1. The number of aromatic amines is 1. The van der Waals surface area contributed by atoms with Crippen LogP contribution < -0.4 is 0 Å². The van der Waals surface area contributed by atoms with Crippen LogP contribution in [0.3, 0.4) is 0 Å². The summed E-state index contributed by atoms with van der Waals surface area (Å²) < 4.78 is 0. The normalized spacial score (nSPS) is 15.6. The Morgan fingerprint density at radius 3 is 2.52 bits per heavy atom. The first-order valence-electron chi connectivity index (χ1n) is 9.38. The summed E-state index contributed by atoms with van der Waals surface area (Å²) in [5, 5.41) is 1.37. The summed E-state index contributed by atoms with van der Waals surface area (Å²) in [5.41, 5.74) is 5.75.